The zero-order valence-electron chi connectivity index (χ0n) is 5.17. The largest absolute Gasteiger partial charge is 0.0760 e. The van der Waals surface area contributed by atoms with Gasteiger partial charge in [0, 0.05) is 0 Å². The lowest BCUT2D eigenvalue weighted by molar-refractivity contribution is 1.59. The lowest BCUT2D eigenvalue weighted by atomic mass is 10.2. The molecular formula is C9H8. The maximum absolute atomic E-state index is 2.25. The third kappa shape index (κ3) is 0.879. The van der Waals surface area contributed by atoms with Crippen molar-refractivity contribution in [2.24, 2.45) is 0 Å². The molecule has 0 aromatic heterocycles. The van der Waals surface area contributed by atoms with E-state index in [2.05, 4.69) is 30.3 Å². The molecule has 1 aliphatic rings. The molecule has 0 aliphatic heterocycles. The van der Waals surface area contributed by atoms with E-state index < -0.39 is 0 Å². The number of hydrogen-bond donors (Lipinski definition) is 0. The first-order chi connectivity index (χ1) is 4.47. The van der Waals surface area contributed by atoms with E-state index in [9.17, 15) is 0 Å². The summed E-state index contributed by atoms with van der Waals surface area (Å²) >= 11 is 0. The van der Waals surface area contributed by atoms with Gasteiger partial charge in [-0.3, -0.25) is 0 Å². The molecule has 0 nitrogen and oxygen atoms in total. The highest BCUT2D eigenvalue weighted by Crippen LogP contribution is 2.29. The average Bonchev–Trinajstić information content (AvgIpc) is 2.71. The first-order valence-corrected chi connectivity index (χ1v) is 3.21. The van der Waals surface area contributed by atoms with Crippen molar-refractivity contribution in [3.8, 4) is 0 Å². The molecule has 0 heteroatoms. The summed E-state index contributed by atoms with van der Waals surface area (Å²) < 4.78 is 0. The van der Waals surface area contributed by atoms with E-state index in [1.165, 1.54) is 17.6 Å². The van der Waals surface area contributed by atoms with Gasteiger partial charge in [-0.25, -0.2) is 0 Å². The second kappa shape index (κ2) is 1.73. The van der Waals surface area contributed by atoms with Gasteiger partial charge in [-0.1, -0.05) is 36.4 Å². The maximum atomic E-state index is 2.25. The minimum Gasteiger partial charge on any atom is -0.0760 e. The van der Waals surface area contributed by atoms with Gasteiger partial charge in [-0.15, -0.1) is 0 Å². The normalized spacial score (nSPS) is 14.9. The van der Waals surface area contributed by atoms with Gasteiger partial charge in [-0.05, 0) is 17.6 Å². The van der Waals surface area contributed by atoms with Gasteiger partial charge in [0.25, 0.3) is 0 Å². The van der Waals surface area contributed by atoms with Crippen LogP contribution in [0.1, 0.15) is 12.0 Å². The zero-order chi connectivity index (χ0) is 6.10. The topological polar surface area (TPSA) is 0 Å². The van der Waals surface area contributed by atoms with Crippen LogP contribution < -0.4 is 0 Å². The quantitative estimate of drug-likeness (QED) is 0.528. The van der Waals surface area contributed by atoms with Crippen molar-refractivity contribution >= 4 is 5.57 Å². The van der Waals surface area contributed by atoms with Crippen molar-refractivity contribution in [2.45, 2.75) is 6.42 Å². The third-order valence-electron chi connectivity index (χ3n) is 1.55. The lowest BCUT2D eigenvalue weighted by Gasteiger charge is -1.89. The predicted octanol–water partition coefficient (Wildman–Crippen LogP) is 2.47. The Kier molecular flexibility index (Phi) is 0.922. The third-order valence-corrected chi connectivity index (χ3v) is 1.55. The molecule has 0 saturated carbocycles. The molecule has 0 heterocycles. The van der Waals surface area contributed by atoms with E-state index >= 15 is 0 Å². The van der Waals surface area contributed by atoms with E-state index in [0.717, 1.165) is 0 Å². The van der Waals surface area contributed by atoms with Crippen LogP contribution in [0.15, 0.2) is 36.4 Å². The number of benzene rings is 1. The summed E-state index contributed by atoms with van der Waals surface area (Å²) in [7, 11) is 0. The fourth-order valence-corrected chi connectivity index (χ4v) is 0.939. The maximum Gasteiger partial charge on any atom is -0.00884 e. The SMILES string of the molecule is C1=C(c2ccccc2)C1. The van der Waals surface area contributed by atoms with Crippen molar-refractivity contribution < 1.29 is 0 Å². The van der Waals surface area contributed by atoms with Crippen molar-refractivity contribution in [3.63, 3.8) is 0 Å². The molecule has 0 bridgehead atoms. The van der Waals surface area contributed by atoms with E-state index in [-0.39, 0.29) is 0 Å². The second-order valence-electron chi connectivity index (χ2n) is 2.30. The van der Waals surface area contributed by atoms with Crippen LogP contribution in [0.4, 0.5) is 0 Å². The van der Waals surface area contributed by atoms with Gasteiger partial charge in [0.1, 0.15) is 0 Å². The Morgan fingerprint density at radius 3 is 2.22 bits per heavy atom. The summed E-state index contributed by atoms with van der Waals surface area (Å²) in [6, 6.07) is 10.5. The molecule has 0 amide bonds. The highest BCUT2D eigenvalue weighted by Gasteiger charge is 2.07. The average molecular weight is 116 g/mol. The minimum atomic E-state index is 1.20. The summed E-state index contributed by atoms with van der Waals surface area (Å²) in [5.41, 5.74) is 2.88. The lowest BCUT2D eigenvalue weighted by Crippen LogP contribution is -1.67. The van der Waals surface area contributed by atoms with Crippen molar-refractivity contribution in [1.82, 2.24) is 0 Å². The molecule has 0 fully saturated rings. The summed E-state index contributed by atoms with van der Waals surface area (Å²) in [6.45, 7) is 0. The second-order valence-corrected chi connectivity index (χ2v) is 2.30. The Bertz CT molecular complexity index is 231. The molecule has 0 N–H and O–H groups in total. The molecule has 0 spiro atoms. The molecule has 44 valence electrons. The molecule has 0 unspecified atom stereocenters. The van der Waals surface area contributed by atoms with E-state index in [1.807, 2.05) is 6.07 Å². The molecule has 1 aromatic carbocycles. The predicted molar refractivity (Wildman–Crippen MR) is 39.0 cm³/mol. The molecule has 1 aliphatic carbocycles. The van der Waals surface area contributed by atoms with Crippen LogP contribution in [-0.2, 0) is 0 Å². The molecule has 0 radical (unpaired) electrons. The first-order valence-electron chi connectivity index (χ1n) is 3.21. The van der Waals surface area contributed by atoms with Crippen LogP contribution in [0, 0.1) is 0 Å². The van der Waals surface area contributed by atoms with Crippen molar-refractivity contribution in [2.75, 3.05) is 0 Å². The molecular weight excluding hydrogens is 108 g/mol. The molecule has 0 atom stereocenters. The highest BCUT2D eigenvalue weighted by molar-refractivity contribution is 5.77. The zero-order valence-corrected chi connectivity index (χ0v) is 5.17. The first kappa shape index (κ1) is 4.80. The van der Waals surface area contributed by atoms with E-state index in [1.54, 1.807) is 0 Å². The van der Waals surface area contributed by atoms with E-state index in [0.29, 0.717) is 0 Å². The Hall–Kier alpha value is -1.04. The Morgan fingerprint density at radius 2 is 1.67 bits per heavy atom. The van der Waals surface area contributed by atoms with Gasteiger partial charge in [-0.2, -0.15) is 0 Å². The van der Waals surface area contributed by atoms with Crippen LogP contribution in [0.2, 0.25) is 0 Å². The monoisotopic (exact) mass is 116 g/mol. The number of rotatable bonds is 1. The van der Waals surface area contributed by atoms with E-state index in [4.69, 9.17) is 0 Å². The van der Waals surface area contributed by atoms with Gasteiger partial charge < -0.3 is 0 Å². The van der Waals surface area contributed by atoms with Crippen LogP contribution in [0.5, 0.6) is 0 Å². The fourth-order valence-electron chi connectivity index (χ4n) is 0.939. The van der Waals surface area contributed by atoms with Crippen molar-refractivity contribution in [3.05, 3.63) is 42.0 Å². The van der Waals surface area contributed by atoms with Gasteiger partial charge in [0.2, 0.25) is 0 Å². The summed E-state index contributed by atoms with van der Waals surface area (Å²) in [6.07, 6.45) is 3.44. The molecule has 1 aromatic rings. The van der Waals surface area contributed by atoms with Gasteiger partial charge in [0.05, 0.1) is 0 Å². The summed E-state index contributed by atoms with van der Waals surface area (Å²) in [5, 5.41) is 0. The summed E-state index contributed by atoms with van der Waals surface area (Å²) in [4.78, 5) is 0. The fraction of sp³-hybridized carbons (Fsp3) is 0.111. The summed E-state index contributed by atoms with van der Waals surface area (Å²) in [5.74, 6) is 0. The minimum absolute atomic E-state index is 1.20. The van der Waals surface area contributed by atoms with Crippen LogP contribution in [0.3, 0.4) is 0 Å². The highest BCUT2D eigenvalue weighted by atomic mass is 14.1. The van der Waals surface area contributed by atoms with Gasteiger partial charge >= 0.3 is 0 Å². The van der Waals surface area contributed by atoms with Crippen LogP contribution in [-0.4, -0.2) is 0 Å². The molecule has 0 saturated heterocycles. The smallest absolute Gasteiger partial charge is 0.00884 e. The Labute approximate surface area is 54.8 Å². The Balaban J connectivity index is 2.40. The van der Waals surface area contributed by atoms with Crippen LogP contribution in [0.25, 0.3) is 5.57 Å². The number of allylic oxidation sites excluding steroid dienone is 2. The van der Waals surface area contributed by atoms with Crippen molar-refractivity contribution in [1.29, 1.82) is 0 Å². The Morgan fingerprint density at radius 1 is 1.00 bits per heavy atom. The number of hydrogen-bond acceptors (Lipinski definition) is 0. The molecule has 9 heavy (non-hydrogen) atoms. The standard InChI is InChI=1S/C9H8/c1-2-4-8(5-3-1)9-6-7-9/h1-6H,7H2. The van der Waals surface area contributed by atoms with Gasteiger partial charge in [0.15, 0.2) is 0 Å². The molecule has 2 rings (SSSR count). The van der Waals surface area contributed by atoms with Crippen LogP contribution >= 0.6 is 0 Å².